The van der Waals surface area contributed by atoms with E-state index < -0.39 is 59.0 Å². The van der Waals surface area contributed by atoms with Crippen LogP contribution in [-0.2, 0) is 24.0 Å². The van der Waals surface area contributed by atoms with Crippen LogP contribution in [0.5, 0.6) is 0 Å². The average molecular weight is 680 g/mol. The van der Waals surface area contributed by atoms with Gasteiger partial charge in [0, 0.05) is 25.0 Å². The lowest BCUT2D eigenvalue weighted by atomic mass is 9.82. The number of ketones is 1. The van der Waals surface area contributed by atoms with Crippen LogP contribution < -0.4 is 21.3 Å². The number of aromatic nitrogens is 2. The van der Waals surface area contributed by atoms with Gasteiger partial charge in [0.2, 0.25) is 23.5 Å². The maximum atomic E-state index is 14.6. The average Bonchev–Trinajstić information content (AvgIpc) is 3.65. The summed E-state index contributed by atoms with van der Waals surface area (Å²) in [5.74, 6) is -3.20. The Hall–Kier alpha value is -3.90. The predicted octanol–water partition coefficient (Wildman–Crippen LogP) is 2.45. The SMILES string of the molecule is CCC[C@@H](NC(=O)[C@@H]1C2CCC[C@H]2CN1C(=O)[C@H](NC(=O)[C@H](NC(=O)c1cnccn1)C1CCCCC1)C(C)(C)C)C(=O)C(=O)NC1CC1. The first-order chi connectivity index (χ1) is 23.4. The standard InChI is InChI=1S/C36H53N7O6/c1-5-10-25(29(44)34(48)39-23-15-16-23)40-33(47)28-24-14-9-13-22(24)20-43(28)35(49)30(36(2,3)4)42-32(46)27(21-11-7-6-8-12-21)41-31(45)26-19-37-17-18-38-26/h17-19,21-25,27-28,30H,5-16,20H2,1-4H3,(H,39,48)(H,40,47)(H,41,45)(H,42,46)/t22-,24?,25+,27+,28-,30-/m0/s1. The molecule has 13 heteroatoms. The molecule has 1 aromatic rings. The normalized spacial score (nSPS) is 24.2. The zero-order valence-electron chi connectivity index (χ0n) is 29.3. The second kappa shape index (κ2) is 15.8. The summed E-state index contributed by atoms with van der Waals surface area (Å²) in [6.45, 7) is 7.85. The number of carbonyl (C=O) groups is 6. The van der Waals surface area contributed by atoms with Crippen LogP contribution in [0.1, 0.15) is 115 Å². The summed E-state index contributed by atoms with van der Waals surface area (Å²) >= 11 is 0. The summed E-state index contributed by atoms with van der Waals surface area (Å²) in [7, 11) is 0. The van der Waals surface area contributed by atoms with Crippen molar-refractivity contribution in [1.29, 1.82) is 0 Å². The number of fused-ring (bicyclic) bond motifs is 1. The van der Waals surface area contributed by atoms with Crippen LogP contribution in [-0.4, -0.2) is 86.9 Å². The first-order valence-electron chi connectivity index (χ1n) is 18.2. The molecule has 6 atom stereocenters. The van der Waals surface area contributed by atoms with E-state index in [1.165, 1.54) is 18.6 Å². The molecule has 5 rings (SSSR count). The number of hydrogen-bond donors (Lipinski definition) is 4. The fourth-order valence-electron chi connectivity index (χ4n) is 7.87. The molecule has 0 bridgehead atoms. The zero-order chi connectivity index (χ0) is 35.3. The molecule has 268 valence electrons. The quantitative estimate of drug-likeness (QED) is 0.230. The van der Waals surface area contributed by atoms with Crippen molar-refractivity contribution in [2.45, 2.75) is 135 Å². The van der Waals surface area contributed by atoms with Crippen molar-refractivity contribution in [3.63, 3.8) is 0 Å². The molecule has 4 N–H and O–H groups in total. The second-order valence-electron chi connectivity index (χ2n) is 15.5. The number of Topliss-reactive ketones (excluding diaryl/α,β-unsaturated/α-hetero) is 1. The van der Waals surface area contributed by atoms with Gasteiger partial charge in [-0.15, -0.1) is 0 Å². The summed E-state index contributed by atoms with van der Waals surface area (Å²) in [5, 5.41) is 11.5. The van der Waals surface area contributed by atoms with Crippen molar-refractivity contribution in [3.8, 4) is 0 Å². The van der Waals surface area contributed by atoms with Crippen LogP contribution in [0.15, 0.2) is 18.6 Å². The highest BCUT2D eigenvalue weighted by molar-refractivity contribution is 6.38. The molecule has 5 amide bonds. The number of rotatable bonds is 13. The summed E-state index contributed by atoms with van der Waals surface area (Å²) < 4.78 is 0. The number of amides is 5. The number of likely N-dealkylation sites (tertiary alicyclic amines) is 1. The van der Waals surface area contributed by atoms with Gasteiger partial charge in [-0.25, -0.2) is 4.98 Å². The third kappa shape index (κ3) is 8.83. The van der Waals surface area contributed by atoms with Gasteiger partial charge in [-0.2, -0.15) is 0 Å². The van der Waals surface area contributed by atoms with Crippen LogP contribution in [0.25, 0.3) is 0 Å². The molecule has 1 unspecified atom stereocenters. The molecule has 1 aromatic heterocycles. The molecule has 49 heavy (non-hydrogen) atoms. The Morgan fingerprint density at radius 3 is 2.27 bits per heavy atom. The lowest BCUT2D eigenvalue weighted by molar-refractivity contribution is -0.146. The minimum absolute atomic E-state index is 0.0132. The Balaban J connectivity index is 1.36. The smallest absolute Gasteiger partial charge is 0.289 e. The Bertz CT molecular complexity index is 1390. The van der Waals surface area contributed by atoms with Crippen LogP contribution in [0, 0.1) is 23.2 Å². The first-order valence-corrected chi connectivity index (χ1v) is 18.2. The molecular weight excluding hydrogens is 626 g/mol. The third-order valence-corrected chi connectivity index (χ3v) is 10.7. The highest BCUT2D eigenvalue weighted by Gasteiger charge is 2.52. The maximum Gasteiger partial charge on any atom is 0.289 e. The Morgan fingerprint density at radius 2 is 1.63 bits per heavy atom. The monoisotopic (exact) mass is 679 g/mol. The van der Waals surface area contributed by atoms with Crippen molar-refractivity contribution < 1.29 is 28.8 Å². The molecule has 3 saturated carbocycles. The lowest BCUT2D eigenvalue weighted by Gasteiger charge is -2.38. The molecule has 4 fully saturated rings. The fraction of sp³-hybridized carbons (Fsp3) is 0.722. The molecule has 3 aliphatic carbocycles. The van der Waals surface area contributed by atoms with Crippen molar-refractivity contribution in [2.75, 3.05) is 6.54 Å². The number of carbonyl (C=O) groups excluding carboxylic acids is 6. The van der Waals surface area contributed by atoms with Crippen LogP contribution >= 0.6 is 0 Å². The van der Waals surface area contributed by atoms with Crippen LogP contribution in [0.4, 0.5) is 0 Å². The number of nitrogens with one attached hydrogen (secondary N) is 4. The highest BCUT2D eigenvalue weighted by atomic mass is 16.2. The van der Waals surface area contributed by atoms with Crippen LogP contribution in [0.3, 0.4) is 0 Å². The third-order valence-electron chi connectivity index (χ3n) is 10.7. The van der Waals surface area contributed by atoms with Gasteiger partial charge in [-0.1, -0.05) is 59.8 Å². The van der Waals surface area contributed by atoms with Crippen molar-refractivity contribution >= 4 is 35.3 Å². The Morgan fingerprint density at radius 1 is 0.898 bits per heavy atom. The zero-order valence-corrected chi connectivity index (χ0v) is 29.3. The predicted molar refractivity (Wildman–Crippen MR) is 181 cm³/mol. The van der Waals surface area contributed by atoms with Crippen molar-refractivity contribution in [3.05, 3.63) is 24.3 Å². The maximum absolute atomic E-state index is 14.6. The molecule has 4 aliphatic rings. The number of nitrogens with zero attached hydrogens (tertiary/aromatic N) is 3. The topological polar surface area (TPSA) is 180 Å². The first kappa shape index (κ1) is 36.4. The number of hydrogen-bond acceptors (Lipinski definition) is 8. The van der Waals surface area contributed by atoms with E-state index in [0.717, 1.165) is 64.2 Å². The minimum Gasteiger partial charge on any atom is -0.347 e. The molecule has 2 heterocycles. The van der Waals surface area contributed by atoms with E-state index in [-0.39, 0.29) is 35.4 Å². The van der Waals surface area contributed by atoms with Gasteiger partial charge in [0.05, 0.1) is 12.2 Å². The van der Waals surface area contributed by atoms with E-state index in [1.807, 2.05) is 27.7 Å². The van der Waals surface area contributed by atoms with Gasteiger partial charge in [-0.05, 0) is 68.1 Å². The van der Waals surface area contributed by atoms with Gasteiger partial charge >= 0.3 is 0 Å². The largest absolute Gasteiger partial charge is 0.347 e. The molecule has 1 saturated heterocycles. The highest BCUT2D eigenvalue weighted by Crippen LogP contribution is 2.43. The second-order valence-corrected chi connectivity index (χ2v) is 15.5. The molecular formula is C36H53N7O6. The van der Waals surface area contributed by atoms with Crippen molar-refractivity contribution in [1.82, 2.24) is 36.1 Å². The summed E-state index contributed by atoms with van der Waals surface area (Å²) in [5.41, 5.74) is -0.638. The van der Waals surface area contributed by atoms with Gasteiger partial charge in [0.1, 0.15) is 23.8 Å². The molecule has 0 radical (unpaired) electrons. The van der Waals surface area contributed by atoms with E-state index in [9.17, 15) is 28.8 Å². The summed E-state index contributed by atoms with van der Waals surface area (Å²) in [6, 6.07) is -3.68. The molecule has 13 nitrogen and oxygen atoms in total. The van der Waals surface area contributed by atoms with Gasteiger partial charge < -0.3 is 26.2 Å². The molecule has 0 spiro atoms. The van der Waals surface area contributed by atoms with E-state index in [4.69, 9.17) is 0 Å². The van der Waals surface area contributed by atoms with Gasteiger partial charge in [-0.3, -0.25) is 33.8 Å². The Labute approximate surface area is 288 Å². The summed E-state index contributed by atoms with van der Waals surface area (Å²) in [6.07, 6.45) is 13.9. The molecule has 1 aliphatic heterocycles. The Kier molecular flexibility index (Phi) is 11.7. The van der Waals surface area contributed by atoms with Crippen LogP contribution in [0.2, 0.25) is 0 Å². The fourth-order valence-corrected chi connectivity index (χ4v) is 7.87. The lowest BCUT2D eigenvalue weighted by Crippen LogP contribution is -2.62. The van der Waals surface area contributed by atoms with Gasteiger partial charge in [0.15, 0.2) is 0 Å². The van der Waals surface area contributed by atoms with E-state index in [1.54, 1.807) is 4.90 Å². The van der Waals surface area contributed by atoms with E-state index >= 15 is 0 Å². The van der Waals surface area contributed by atoms with Gasteiger partial charge in [0.25, 0.3) is 11.8 Å². The van der Waals surface area contributed by atoms with Crippen molar-refractivity contribution in [2.24, 2.45) is 23.2 Å². The summed E-state index contributed by atoms with van der Waals surface area (Å²) in [4.78, 5) is 91.4. The van der Waals surface area contributed by atoms with E-state index in [0.29, 0.717) is 19.4 Å². The van der Waals surface area contributed by atoms with E-state index in [2.05, 4.69) is 31.2 Å². The molecule has 0 aromatic carbocycles. The minimum atomic E-state index is -0.994.